The first-order valence-corrected chi connectivity index (χ1v) is 10.2. The molecule has 3 aromatic rings. The molecule has 0 saturated carbocycles. The van der Waals surface area contributed by atoms with Crippen molar-refractivity contribution in [3.05, 3.63) is 62.0 Å². The molecule has 1 N–H and O–H groups in total. The maximum atomic E-state index is 12.6. The Morgan fingerprint density at radius 3 is 2.77 bits per heavy atom. The van der Waals surface area contributed by atoms with Crippen LogP contribution in [0.2, 0.25) is 0 Å². The second-order valence-corrected chi connectivity index (χ2v) is 8.01. The molecule has 0 spiro atoms. The van der Waals surface area contributed by atoms with Gasteiger partial charge in [0.2, 0.25) is 0 Å². The first-order chi connectivity index (χ1) is 12.6. The number of aryl methyl sites for hydroxylation is 2. The summed E-state index contributed by atoms with van der Waals surface area (Å²) in [6.07, 6.45) is 6.89. The average molecular weight is 383 g/mol. The minimum absolute atomic E-state index is 0.0864. The molecule has 0 unspecified atom stereocenters. The number of fused-ring (bicyclic) bond motifs is 3. The molecule has 1 aliphatic carbocycles. The zero-order chi connectivity index (χ0) is 18.3. The van der Waals surface area contributed by atoms with E-state index in [0.29, 0.717) is 5.82 Å². The highest BCUT2D eigenvalue weighted by Gasteiger charge is 2.21. The van der Waals surface area contributed by atoms with Gasteiger partial charge in [-0.2, -0.15) is 0 Å². The molecule has 0 bridgehead atoms. The van der Waals surface area contributed by atoms with Crippen molar-refractivity contribution in [1.29, 1.82) is 0 Å². The van der Waals surface area contributed by atoms with E-state index in [-0.39, 0.29) is 11.1 Å². The van der Waals surface area contributed by atoms with Crippen LogP contribution in [-0.4, -0.2) is 22.2 Å². The first-order valence-electron chi connectivity index (χ1n) is 8.19. The van der Waals surface area contributed by atoms with Crippen LogP contribution in [0.15, 0.2) is 29.1 Å². The Labute approximate surface area is 157 Å². The third kappa shape index (κ3) is 2.97. The summed E-state index contributed by atoms with van der Waals surface area (Å²) in [5, 5.41) is 11.6. The maximum Gasteiger partial charge on any atom is 0.260 e. The molecular weight excluding hydrogens is 368 g/mol. The fourth-order valence-electron chi connectivity index (χ4n) is 3.21. The van der Waals surface area contributed by atoms with E-state index < -0.39 is 5.97 Å². The largest absolute Gasteiger partial charge is 0.545 e. The highest BCUT2D eigenvalue weighted by molar-refractivity contribution is 8.07. The Bertz CT molecular complexity index is 1090. The van der Waals surface area contributed by atoms with Gasteiger partial charge in [0.05, 0.1) is 16.3 Å². The number of carboxylic acid groups (broad SMARTS) is 1. The fourth-order valence-corrected chi connectivity index (χ4v) is 5.02. The number of thioether (sulfide) groups is 1. The lowest BCUT2D eigenvalue weighted by Crippen LogP contribution is -2.21. The molecule has 26 heavy (non-hydrogen) atoms. The number of carbonyl (C=O) groups is 1. The van der Waals surface area contributed by atoms with Crippen molar-refractivity contribution in [3.8, 4) is 0 Å². The number of hydrogen-bond donors (Lipinski definition) is 1. The third-order valence-corrected chi connectivity index (χ3v) is 6.41. The van der Waals surface area contributed by atoms with Gasteiger partial charge in [-0.05, 0) is 48.3 Å². The van der Waals surface area contributed by atoms with Gasteiger partial charge in [-0.15, -0.1) is 23.1 Å². The van der Waals surface area contributed by atoms with Crippen LogP contribution in [0.25, 0.3) is 21.2 Å². The zero-order valence-corrected chi connectivity index (χ0v) is 15.6. The number of carbonyl (C=O) groups excluding carboxylic acids is 1. The van der Waals surface area contributed by atoms with E-state index in [4.69, 9.17) is 0 Å². The molecule has 0 atom stereocenters. The van der Waals surface area contributed by atoms with Crippen molar-refractivity contribution >= 4 is 50.3 Å². The van der Waals surface area contributed by atoms with E-state index in [9.17, 15) is 14.7 Å². The number of benzene rings is 1. The SMILES string of the molecule is CS/C(=C\c1ccc(C(=O)[O-])cc1)c1nc2sc3c(c2c(=O)[nH]1)CCC3. The molecule has 4 rings (SSSR count). The summed E-state index contributed by atoms with van der Waals surface area (Å²) in [7, 11) is 0. The van der Waals surface area contributed by atoms with Gasteiger partial charge in [-0.25, -0.2) is 4.98 Å². The molecule has 0 radical (unpaired) electrons. The second kappa shape index (κ2) is 6.74. The zero-order valence-electron chi connectivity index (χ0n) is 14.0. The molecule has 7 heteroatoms. The summed E-state index contributed by atoms with van der Waals surface area (Å²) in [4.78, 5) is 34.0. The van der Waals surface area contributed by atoms with Gasteiger partial charge in [0.25, 0.3) is 5.56 Å². The Balaban J connectivity index is 1.76. The molecule has 0 amide bonds. The summed E-state index contributed by atoms with van der Waals surface area (Å²) in [6.45, 7) is 0. The first kappa shape index (κ1) is 17.1. The van der Waals surface area contributed by atoms with Crippen LogP contribution in [0.5, 0.6) is 0 Å². The lowest BCUT2D eigenvalue weighted by Gasteiger charge is -2.06. The lowest BCUT2D eigenvalue weighted by molar-refractivity contribution is -0.255. The number of aromatic amines is 1. The molecular formula is C19H15N2O3S2-. The number of thiophene rings is 1. The van der Waals surface area contributed by atoms with Gasteiger partial charge >= 0.3 is 0 Å². The summed E-state index contributed by atoms with van der Waals surface area (Å²) in [5.41, 5.74) is 2.04. The number of carboxylic acids is 1. The van der Waals surface area contributed by atoms with E-state index in [2.05, 4.69) is 9.97 Å². The molecule has 0 fully saturated rings. The van der Waals surface area contributed by atoms with Crippen LogP contribution in [0.4, 0.5) is 0 Å². The van der Waals surface area contributed by atoms with E-state index in [1.165, 1.54) is 28.8 Å². The number of rotatable bonds is 4. The van der Waals surface area contributed by atoms with Crippen molar-refractivity contribution in [1.82, 2.24) is 9.97 Å². The number of H-pyrrole nitrogens is 1. The van der Waals surface area contributed by atoms with Crippen LogP contribution in [0, 0.1) is 0 Å². The molecule has 132 valence electrons. The van der Waals surface area contributed by atoms with Gasteiger partial charge < -0.3 is 14.9 Å². The molecule has 2 heterocycles. The van der Waals surface area contributed by atoms with E-state index in [0.717, 1.165) is 45.5 Å². The van der Waals surface area contributed by atoms with E-state index in [1.54, 1.807) is 23.5 Å². The van der Waals surface area contributed by atoms with Crippen LogP contribution in [0.3, 0.4) is 0 Å². The van der Waals surface area contributed by atoms with Crippen molar-refractivity contribution in [2.24, 2.45) is 0 Å². The van der Waals surface area contributed by atoms with Crippen molar-refractivity contribution in [2.75, 3.05) is 6.26 Å². The van der Waals surface area contributed by atoms with Gasteiger partial charge in [-0.1, -0.05) is 24.3 Å². The number of hydrogen-bond acceptors (Lipinski definition) is 6. The Morgan fingerprint density at radius 2 is 2.08 bits per heavy atom. The molecule has 0 saturated heterocycles. The Hall–Kier alpha value is -2.38. The van der Waals surface area contributed by atoms with Crippen LogP contribution in [-0.2, 0) is 12.8 Å². The number of aromatic carboxylic acids is 1. The van der Waals surface area contributed by atoms with Gasteiger partial charge in [-0.3, -0.25) is 4.79 Å². The van der Waals surface area contributed by atoms with Crippen LogP contribution >= 0.6 is 23.1 Å². The lowest BCUT2D eigenvalue weighted by atomic mass is 10.1. The average Bonchev–Trinajstić information content (AvgIpc) is 3.20. The van der Waals surface area contributed by atoms with E-state index in [1.807, 2.05) is 12.3 Å². The molecule has 2 aromatic heterocycles. The minimum Gasteiger partial charge on any atom is -0.545 e. The predicted molar refractivity (Wildman–Crippen MR) is 104 cm³/mol. The minimum atomic E-state index is -1.20. The maximum absolute atomic E-state index is 12.6. The fraction of sp³-hybridized carbons (Fsp3) is 0.211. The van der Waals surface area contributed by atoms with Crippen LogP contribution in [0.1, 0.15) is 38.6 Å². The van der Waals surface area contributed by atoms with Crippen LogP contribution < -0.4 is 10.7 Å². The van der Waals surface area contributed by atoms with Crippen molar-refractivity contribution < 1.29 is 9.90 Å². The summed E-state index contributed by atoms with van der Waals surface area (Å²) in [6, 6.07) is 6.42. The van der Waals surface area contributed by atoms with Gasteiger partial charge in [0.1, 0.15) is 10.7 Å². The smallest absolute Gasteiger partial charge is 0.260 e. The third-order valence-electron chi connectivity index (χ3n) is 4.47. The molecule has 1 aliphatic rings. The monoisotopic (exact) mass is 383 g/mol. The molecule has 5 nitrogen and oxygen atoms in total. The molecule has 1 aromatic carbocycles. The Morgan fingerprint density at radius 1 is 1.31 bits per heavy atom. The van der Waals surface area contributed by atoms with E-state index >= 15 is 0 Å². The number of nitrogens with one attached hydrogen (secondary N) is 1. The topological polar surface area (TPSA) is 85.9 Å². The number of nitrogens with zero attached hydrogens (tertiary/aromatic N) is 1. The highest BCUT2D eigenvalue weighted by atomic mass is 32.2. The highest BCUT2D eigenvalue weighted by Crippen LogP contribution is 2.35. The summed E-state index contributed by atoms with van der Waals surface area (Å²) in [5.74, 6) is -0.660. The van der Waals surface area contributed by atoms with Crippen molar-refractivity contribution in [2.45, 2.75) is 19.3 Å². The summed E-state index contributed by atoms with van der Waals surface area (Å²) >= 11 is 3.10. The quantitative estimate of drug-likeness (QED) is 0.749. The van der Waals surface area contributed by atoms with Gasteiger partial charge in [0, 0.05) is 4.88 Å². The standard InChI is InChI=1S/C19H16N2O3S2/c1-25-14(9-10-5-7-11(8-6-10)19(23)24)16-20-17(22)15-12-3-2-4-13(12)26-18(15)21-16/h5-9H,2-4H2,1H3,(H,23,24)(H,20,21,22)/p-1/b14-9-. The second-order valence-electron chi connectivity index (χ2n) is 6.07. The van der Waals surface area contributed by atoms with Crippen molar-refractivity contribution in [3.63, 3.8) is 0 Å². The number of aromatic nitrogens is 2. The summed E-state index contributed by atoms with van der Waals surface area (Å²) < 4.78 is 0. The normalized spacial score (nSPS) is 14.0. The Kier molecular flexibility index (Phi) is 4.42. The van der Waals surface area contributed by atoms with Gasteiger partial charge in [0.15, 0.2) is 0 Å². The predicted octanol–water partition coefficient (Wildman–Crippen LogP) is 2.70. The molecule has 0 aliphatic heterocycles.